The van der Waals surface area contributed by atoms with Gasteiger partial charge in [-0.2, -0.15) is 0 Å². The van der Waals surface area contributed by atoms with Crippen LogP contribution in [0.15, 0.2) is 59.3 Å². The fourth-order valence-corrected chi connectivity index (χ4v) is 3.16. The number of hydrogen-bond donors (Lipinski definition) is 0. The van der Waals surface area contributed by atoms with Gasteiger partial charge in [0, 0.05) is 23.3 Å². The Balaban J connectivity index is 1.80. The number of carbonyl (C=O) groups excluding carboxylic acids is 1. The van der Waals surface area contributed by atoms with Gasteiger partial charge in [0.15, 0.2) is 0 Å². The number of para-hydroxylation sites is 1. The highest BCUT2D eigenvalue weighted by Crippen LogP contribution is 2.27. The second kappa shape index (κ2) is 10.3. The van der Waals surface area contributed by atoms with Crippen LogP contribution in [0, 0.1) is 10.1 Å². The number of hydrogen-bond acceptors (Lipinski definition) is 6. The summed E-state index contributed by atoms with van der Waals surface area (Å²) in [5.74, 6) is 0.0597. The van der Waals surface area contributed by atoms with Gasteiger partial charge in [-0.3, -0.25) is 10.1 Å². The normalized spacial score (nSPS) is 14.5. The van der Waals surface area contributed by atoms with Crippen LogP contribution >= 0.6 is 0 Å². The molecule has 0 unspecified atom stereocenters. The summed E-state index contributed by atoms with van der Waals surface area (Å²) >= 11 is 0. The number of rotatable bonds is 10. The SMILES string of the molecule is CCCCCCCOc1ccccc1/C=C1/C(=O)ON=C1c1cccc([N+](=O)[O-])c1. The van der Waals surface area contributed by atoms with E-state index in [1.54, 1.807) is 18.2 Å². The zero-order valence-corrected chi connectivity index (χ0v) is 16.9. The third-order valence-electron chi connectivity index (χ3n) is 4.75. The second-order valence-corrected chi connectivity index (χ2v) is 6.98. The van der Waals surface area contributed by atoms with E-state index in [-0.39, 0.29) is 17.0 Å². The quantitative estimate of drug-likeness (QED) is 0.175. The molecule has 7 heteroatoms. The van der Waals surface area contributed by atoms with Crippen molar-refractivity contribution in [2.45, 2.75) is 39.0 Å². The summed E-state index contributed by atoms with van der Waals surface area (Å²) < 4.78 is 5.93. The van der Waals surface area contributed by atoms with Gasteiger partial charge < -0.3 is 9.57 Å². The Morgan fingerprint density at radius 2 is 1.90 bits per heavy atom. The van der Waals surface area contributed by atoms with Crippen LogP contribution in [0.4, 0.5) is 5.69 Å². The minimum Gasteiger partial charge on any atom is -0.493 e. The molecule has 0 spiro atoms. The van der Waals surface area contributed by atoms with E-state index in [1.165, 1.54) is 31.4 Å². The molecule has 2 aromatic rings. The number of non-ortho nitro benzene ring substituents is 1. The lowest BCUT2D eigenvalue weighted by atomic mass is 10.00. The summed E-state index contributed by atoms with van der Waals surface area (Å²) in [6.45, 7) is 2.78. The highest BCUT2D eigenvalue weighted by Gasteiger charge is 2.28. The lowest BCUT2D eigenvalue weighted by Crippen LogP contribution is -2.07. The van der Waals surface area contributed by atoms with Crippen LogP contribution in [-0.2, 0) is 9.63 Å². The van der Waals surface area contributed by atoms with Crippen molar-refractivity contribution in [3.8, 4) is 5.75 Å². The molecular formula is C23H24N2O5. The van der Waals surface area contributed by atoms with Gasteiger partial charge in [-0.05, 0) is 18.6 Å². The van der Waals surface area contributed by atoms with Crippen molar-refractivity contribution in [3.63, 3.8) is 0 Å². The number of benzene rings is 2. The Kier molecular flexibility index (Phi) is 7.32. The van der Waals surface area contributed by atoms with Crippen LogP contribution in [-0.4, -0.2) is 23.2 Å². The van der Waals surface area contributed by atoms with Crippen LogP contribution in [0.5, 0.6) is 5.75 Å². The monoisotopic (exact) mass is 408 g/mol. The molecule has 1 aliphatic rings. The molecule has 1 heterocycles. The van der Waals surface area contributed by atoms with Crippen molar-refractivity contribution < 1.29 is 19.3 Å². The smallest absolute Gasteiger partial charge is 0.368 e. The van der Waals surface area contributed by atoms with Crippen molar-refractivity contribution >= 4 is 23.4 Å². The van der Waals surface area contributed by atoms with Gasteiger partial charge in [0.1, 0.15) is 11.5 Å². The predicted octanol–water partition coefficient (Wildman–Crippen LogP) is 5.29. The molecule has 7 nitrogen and oxygen atoms in total. The second-order valence-electron chi connectivity index (χ2n) is 6.98. The maximum atomic E-state index is 12.3. The fraction of sp³-hybridized carbons (Fsp3) is 0.304. The Morgan fingerprint density at radius 1 is 1.10 bits per heavy atom. The molecule has 0 N–H and O–H groups in total. The van der Waals surface area contributed by atoms with Gasteiger partial charge >= 0.3 is 5.97 Å². The van der Waals surface area contributed by atoms with E-state index in [0.717, 1.165) is 18.4 Å². The molecule has 3 rings (SSSR count). The molecular weight excluding hydrogens is 384 g/mol. The van der Waals surface area contributed by atoms with E-state index in [0.29, 0.717) is 17.9 Å². The van der Waals surface area contributed by atoms with E-state index >= 15 is 0 Å². The first-order valence-corrected chi connectivity index (χ1v) is 10.1. The molecule has 0 fully saturated rings. The molecule has 0 amide bonds. The number of nitro benzene ring substituents is 1. The number of nitrogens with zero attached hydrogens (tertiary/aromatic N) is 2. The maximum Gasteiger partial charge on any atom is 0.368 e. The van der Waals surface area contributed by atoms with Gasteiger partial charge in [0.05, 0.1) is 17.1 Å². The number of unbranched alkanes of at least 4 members (excludes halogenated alkanes) is 4. The van der Waals surface area contributed by atoms with Gasteiger partial charge in [-0.15, -0.1) is 0 Å². The third kappa shape index (κ3) is 5.31. The van der Waals surface area contributed by atoms with Crippen molar-refractivity contribution in [1.82, 2.24) is 0 Å². The van der Waals surface area contributed by atoms with Crippen LogP contribution < -0.4 is 4.74 Å². The van der Waals surface area contributed by atoms with Crippen LogP contribution in [0.1, 0.15) is 50.2 Å². The van der Waals surface area contributed by atoms with E-state index in [1.807, 2.05) is 24.3 Å². The zero-order valence-electron chi connectivity index (χ0n) is 16.9. The van der Waals surface area contributed by atoms with E-state index in [4.69, 9.17) is 9.57 Å². The highest BCUT2D eigenvalue weighted by atomic mass is 16.7. The molecule has 30 heavy (non-hydrogen) atoms. The van der Waals surface area contributed by atoms with Gasteiger partial charge in [0.2, 0.25) is 0 Å². The summed E-state index contributed by atoms with van der Waals surface area (Å²) in [4.78, 5) is 27.7. The summed E-state index contributed by atoms with van der Waals surface area (Å²) in [5, 5.41) is 14.9. The largest absolute Gasteiger partial charge is 0.493 e. The number of oxime groups is 1. The molecule has 0 aliphatic carbocycles. The third-order valence-corrected chi connectivity index (χ3v) is 4.75. The standard InChI is InChI=1S/C23H24N2O5/c1-2-3-4-5-8-14-29-21-13-7-6-10-17(21)16-20-22(24-30-23(20)26)18-11-9-12-19(15-18)25(27)28/h6-7,9-13,15-16H,2-5,8,14H2,1H3/b20-16+. The van der Waals surface area contributed by atoms with Crippen LogP contribution in [0.25, 0.3) is 6.08 Å². The lowest BCUT2D eigenvalue weighted by molar-refractivity contribution is -0.384. The molecule has 2 aromatic carbocycles. The molecule has 0 radical (unpaired) electrons. The summed E-state index contributed by atoms with van der Waals surface area (Å²) in [6, 6.07) is 13.4. The Bertz CT molecular complexity index is 981. The van der Waals surface area contributed by atoms with E-state index in [2.05, 4.69) is 12.1 Å². The first-order valence-electron chi connectivity index (χ1n) is 10.1. The number of ether oxygens (including phenoxy) is 1. The van der Waals surface area contributed by atoms with Crippen molar-refractivity contribution in [2.75, 3.05) is 6.61 Å². The molecule has 0 saturated heterocycles. The molecule has 0 saturated carbocycles. The van der Waals surface area contributed by atoms with Crippen molar-refractivity contribution in [3.05, 3.63) is 75.3 Å². The molecule has 156 valence electrons. The van der Waals surface area contributed by atoms with Crippen LogP contribution in [0.3, 0.4) is 0 Å². The van der Waals surface area contributed by atoms with Gasteiger partial charge in [-0.25, -0.2) is 4.79 Å². The van der Waals surface area contributed by atoms with Gasteiger partial charge in [0.25, 0.3) is 5.69 Å². The summed E-state index contributed by atoms with van der Waals surface area (Å²) in [5.41, 5.74) is 1.57. The predicted molar refractivity (Wildman–Crippen MR) is 114 cm³/mol. The van der Waals surface area contributed by atoms with E-state index in [9.17, 15) is 14.9 Å². The summed E-state index contributed by atoms with van der Waals surface area (Å²) in [7, 11) is 0. The topological polar surface area (TPSA) is 91.0 Å². The first kappa shape index (κ1) is 21.2. The van der Waals surface area contributed by atoms with Crippen molar-refractivity contribution in [1.29, 1.82) is 0 Å². The molecule has 1 aliphatic heterocycles. The minimum atomic E-state index is -0.606. The Labute approximate surface area is 175 Å². The molecule has 0 aromatic heterocycles. The molecule has 0 atom stereocenters. The first-order chi connectivity index (χ1) is 14.6. The van der Waals surface area contributed by atoms with Crippen molar-refractivity contribution in [2.24, 2.45) is 5.16 Å². The Morgan fingerprint density at radius 3 is 2.70 bits per heavy atom. The average molecular weight is 408 g/mol. The Hall–Kier alpha value is -3.48. The fourth-order valence-electron chi connectivity index (χ4n) is 3.16. The number of carbonyl (C=O) groups is 1. The highest BCUT2D eigenvalue weighted by molar-refractivity contribution is 6.31. The zero-order chi connectivity index (χ0) is 21.3. The van der Waals surface area contributed by atoms with E-state index < -0.39 is 10.9 Å². The average Bonchev–Trinajstić information content (AvgIpc) is 3.12. The lowest BCUT2D eigenvalue weighted by Gasteiger charge is -2.10. The summed E-state index contributed by atoms with van der Waals surface area (Å²) in [6.07, 6.45) is 7.35. The minimum absolute atomic E-state index is 0.0827. The maximum absolute atomic E-state index is 12.3. The number of nitro groups is 1. The van der Waals surface area contributed by atoms with Crippen LogP contribution in [0.2, 0.25) is 0 Å². The molecule has 0 bridgehead atoms. The van der Waals surface area contributed by atoms with Gasteiger partial charge in [-0.1, -0.05) is 68.1 Å².